The van der Waals surface area contributed by atoms with Crippen molar-refractivity contribution in [3.63, 3.8) is 0 Å². The minimum atomic E-state index is -0.583. The van der Waals surface area contributed by atoms with E-state index in [1.54, 1.807) is 40.2 Å². The summed E-state index contributed by atoms with van der Waals surface area (Å²) in [5.74, 6) is 1.66. The van der Waals surface area contributed by atoms with E-state index in [0.29, 0.717) is 35.6 Å². The van der Waals surface area contributed by atoms with E-state index in [0.717, 1.165) is 32.1 Å². The van der Waals surface area contributed by atoms with Gasteiger partial charge >= 0.3 is 0 Å². The number of aromatic nitrogens is 4. The number of hydrogen-bond donors (Lipinski definition) is 4. The van der Waals surface area contributed by atoms with E-state index in [1.165, 1.54) is 0 Å². The number of amides is 2. The molecular weight excluding hydrogens is 446 g/mol. The molecule has 2 unspecified atom stereocenters. The smallest absolute Gasteiger partial charge is 0.257 e. The van der Waals surface area contributed by atoms with E-state index >= 15 is 0 Å². The topological polar surface area (TPSA) is 126 Å². The molecular formula is C25H35N7O3. The molecule has 4 aliphatic carbocycles. The first-order valence-electron chi connectivity index (χ1n) is 12.5. The number of nitrogens with one attached hydrogen (secondary N) is 3. The fraction of sp³-hybridized carbons (Fsp3) is 0.600. The summed E-state index contributed by atoms with van der Waals surface area (Å²) in [6, 6.07) is 1.89. The molecule has 0 aromatic carbocycles. The van der Waals surface area contributed by atoms with Gasteiger partial charge in [-0.2, -0.15) is 15.7 Å². The highest BCUT2D eigenvalue weighted by atomic mass is 16.5. The summed E-state index contributed by atoms with van der Waals surface area (Å²) in [6.07, 6.45) is 14.0. The van der Waals surface area contributed by atoms with E-state index in [2.05, 4.69) is 26.3 Å². The fourth-order valence-corrected chi connectivity index (χ4v) is 6.62. The maximum Gasteiger partial charge on any atom is 0.257 e. The van der Waals surface area contributed by atoms with Gasteiger partial charge in [0.05, 0.1) is 11.7 Å². The van der Waals surface area contributed by atoms with Crippen molar-refractivity contribution >= 4 is 18.0 Å². The van der Waals surface area contributed by atoms with Crippen LogP contribution in [-0.2, 0) is 4.79 Å². The molecule has 10 heteroatoms. The summed E-state index contributed by atoms with van der Waals surface area (Å²) >= 11 is 0. The number of carbonyl (C=O) groups excluding carboxylic acids is 2. The van der Waals surface area contributed by atoms with Crippen LogP contribution in [0.2, 0.25) is 0 Å². The maximum atomic E-state index is 13.5. The van der Waals surface area contributed by atoms with Gasteiger partial charge in [0.1, 0.15) is 5.56 Å². The summed E-state index contributed by atoms with van der Waals surface area (Å²) in [7, 11) is 0. The number of hydrogen-bond acceptors (Lipinski definition) is 6. The van der Waals surface area contributed by atoms with Crippen molar-refractivity contribution in [2.45, 2.75) is 76.4 Å². The molecule has 4 fully saturated rings. The lowest BCUT2D eigenvalue weighted by atomic mass is 9.51. The molecule has 4 saturated carbocycles. The maximum absolute atomic E-state index is 13.5. The molecule has 4 bridgehead atoms. The highest BCUT2D eigenvalue weighted by Crippen LogP contribution is 2.55. The highest BCUT2D eigenvalue weighted by Gasteiger charge is 2.55. The molecule has 2 aromatic heterocycles. The van der Waals surface area contributed by atoms with Crippen LogP contribution in [0.3, 0.4) is 0 Å². The molecule has 4 N–H and O–H groups in total. The van der Waals surface area contributed by atoms with Gasteiger partial charge in [0.25, 0.3) is 5.91 Å². The molecule has 0 radical (unpaired) electrons. The predicted octanol–water partition coefficient (Wildman–Crippen LogP) is 2.50. The molecule has 10 nitrogen and oxygen atoms in total. The molecule has 35 heavy (non-hydrogen) atoms. The van der Waals surface area contributed by atoms with Crippen molar-refractivity contribution < 1.29 is 14.8 Å². The SMILES string of the molecule is CCC(=O)NC(C)(C)/C=C/n1ncc(C(=O)NC2C3CC4CC2CC(NO)(C4)C3)c1-n1cccn1. The van der Waals surface area contributed by atoms with Gasteiger partial charge in [0.2, 0.25) is 5.91 Å². The van der Waals surface area contributed by atoms with Crippen molar-refractivity contribution in [3.8, 4) is 5.82 Å². The van der Waals surface area contributed by atoms with Gasteiger partial charge in [-0.05, 0) is 75.8 Å². The summed E-state index contributed by atoms with van der Waals surface area (Å²) < 4.78 is 3.24. The van der Waals surface area contributed by atoms with Crippen LogP contribution in [0.4, 0.5) is 0 Å². The van der Waals surface area contributed by atoms with Gasteiger partial charge in [0.15, 0.2) is 5.82 Å². The van der Waals surface area contributed by atoms with Crippen molar-refractivity contribution in [2.75, 3.05) is 0 Å². The third-order valence-electron chi connectivity index (χ3n) is 7.96. The summed E-state index contributed by atoms with van der Waals surface area (Å²) in [6.45, 7) is 5.62. The zero-order chi connectivity index (χ0) is 24.8. The first kappa shape index (κ1) is 23.7. The lowest BCUT2D eigenvalue weighted by Gasteiger charge is -2.59. The Morgan fingerprint density at radius 1 is 1.23 bits per heavy atom. The third-order valence-corrected chi connectivity index (χ3v) is 7.96. The van der Waals surface area contributed by atoms with Crippen molar-refractivity contribution in [1.29, 1.82) is 0 Å². The monoisotopic (exact) mass is 481 g/mol. The zero-order valence-electron chi connectivity index (χ0n) is 20.6. The third kappa shape index (κ3) is 4.52. The Morgan fingerprint density at radius 2 is 1.97 bits per heavy atom. The van der Waals surface area contributed by atoms with E-state index in [9.17, 15) is 14.8 Å². The minimum absolute atomic E-state index is 0.0404. The normalized spacial score (nSPS) is 29.6. The number of hydroxylamine groups is 1. The molecule has 2 amide bonds. The Bertz CT molecular complexity index is 1100. The van der Waals surface area contributed by atoms with Crippen LogP contribution in [0.15, 0.2) is 30.7 Å². The quantitative estimate of drug-likeness (QED) is 0.429. The Balaban J connectivity index is 1.39. The standard InChI is InChI=1S/C25H35N7O3/c1-4-20(33)29-24(2,3)6-9-32-23(31-8-5-7-26-31)19(15-27-32)22(34)28-21-17-10-16-11-18(21)14-25(12-16,13-17)30-35/h5-9,15-18,21,30,35H,4,10-14H2,1-3H3,(H,28,34)(H,29,33)/b9-6+. The van der Waals surface area contributed by atoms with Crippen LogP contribution in [-0.4, -0.2) is 53.7 Å². The van der Waals surface area contributed by atoms with E-state index < -0.39 is 5.54 Å². The van der Waals surface area contributed by atoms with Crippen molar-refractivity contribution in [2.24, 2.45) is 17.8 Å². The van der Waals surface area contributed by atoms with Crippen LogP contribution in [0.1, 0.15) is 69.7 Å². The van der Waals surface area contributed by atoms with Crippen LogP contribution in [0.25, 0.3) is 12.0 Å². The Labute approximate surface area is 205 Å². The molecule has 0 saturated heterocycles. The Morgan fingerprint density at radius 3 is 2.60 bits per heavy atom. The number of nitrogens with zero attached hydrogens (tertiary/aromatic N) is 4. The molecule has 188 valence electrons. The van der Waals surface area contributed by atoms with Gasteiger partial charge in [0, 0.05) is 36.6 Å². The van der Waals surface area contributed by atoms with Crippen molar-refractivity contribution in [1.82, 2.24) is 35.7 Å². The predicted molar refractivity (Wildman–Crippen MR) is 130 cm³/mol. The molecule has 6 rings (SSSR count). The molecule has 2 heterocycles. The van der Waals surface area contributed by atoms with Gasteiger partial charge in [-0.15, -0.1) is 0 Å². The second kappa shape index (κ2) is 8.91. The Hall–Kier alpha value is -2.98. The van der Waals surface area contributed by atoms with Crippen LogP contribution in [0.5, 0.6) is 0 Å². The largest absolute Gasteiger partial charge is 0.349 e. The summed E-state index contributed by atoms with van der Waals surface area (Å²) in [5.41, 5.74) is 2.29. The molecule has 4 aliphatic rings. The van der Waals surface area contributed by atoms with E-state index in [4.69, 9.17) is 0 Å². The lowest BCUT2D eigenvalue weighted by molar-refractivity contribution is -0.121. The fourth-order valence-electron chi connectivity index (χ4n) is 6.62. The van der Waals surface area contributed by atoms with Crippen molar-refractivity contribution in [3.05, 3.63) is 36.3 Å². The molecule has 2 aromatic rings. The van der Waals surface area contributed by atoms with Crippen LogP contribution in [0, 0.1) is 17.8 Å². The zero-order valence-corrected chi connectivity index (χ0v) is 20.6. The minimum Gasteiger partial charge on any atom is -0.349 e. The van der Waals surface area contributed by atoms with Gasteiger partial charge in [-0.25, -0.2) is 9.36 Å². The van der Waals surface area contributed by atoms with E-state index in [1.807, 2.05) is 26.8 Å². The Kier molecular flexibility index (Phi) is 6.04. The first-order chi connectivity index (χ1) is 16.7. The number of carbonyl (C=O) groups is 2. The lowest BCUT2D eigenvalue weighted by Crippen LogP contribution is -2.65. The van der Waals surface area contributed by atoms with E-state index in [-0.39, 0.29) is 23.4 Å². The van der Waals surface area contributed by atoms with Gasteiger partial charge in [-0.3, -0.25) is 9.59 Å². The second-order valence-electron chi connectivity index (χ2n) is 11.1. The van der Waals surface area contributed by atoms with Gasteiger partial charge < -0.3 is 15.8 Å². The second-order valence-corrected chi connectivity index (χ2v) is 11.1. The molecule has 0 aliphatic heterocycles. The molecule has 2 atom stereocenters. The molecule has 0 spiro atoms. The first-order valence-corrected chi connectivity index (χ1v) is 12.5. The highest BCUT2D eigenvalue weighted by molar-refractivity contribution is 5.97. The summed E-state index contributed by atoms with van der Waals surface area (Å²) in [4.78, 5) is 25.4. The van der Waals surface area contributed by atoms with Gasteiger partial charge in [-0.1, -0.05) is 6.92 Å². The average molecular weight is 482 g/mol. The average Bonchev–Trinajstić information content (AvgIpc) is 3.49. The van der Waals surface area contributed by atoms with Crippen LogP contribution < -0.4 is 16.1 Å². The number of rotatable bonds is 8. The van der Waals surface area contributed by atoms with Crippen LogP contribution >= 0.6 is 0 Å². The summed E-state index contributed by atoms with van der Waals surface area (Å²) in [5, 5.41) is 24.9.